The first kappa shape index (κ1) is 13.7. The summed E-state index contributed by atoms with van der Waals surface area (Å²) in [5.74, 6) is 0. The number of piperazine rings is 1. The van der Waals surface area contributed by atoms with E-state index in [1.807, 2.05) is 26.8 Å². The van der Waals surface area contributed by atoms with Crippen molar-refractivity contribution in [1.29, 1.82) is 0 Å². The Balaban J connectivity index is 2.00. The maximum Gasteiger partial charge on any atom is 0.410 e. The molecular formula is C13H20N4O2. The number of hydrogen-bond acceptors (Lipinski definition) is 5. The Bertz CT molecular complexity index is 430. The minimum Gasteiger partial charge on any atom is -0.444 e. The quantitative estimate of drug-likeness (QED) is 0.829. The number of amides is 1. The Kier molecular flexibility index (Phi) is 3.99. The van der Waals surface area contributed by atoms with Crippen molar-refractivity contribution < 1.29 is 9.53 Å². The minimum absolute atomic E-state index is 0.0317. The van der Waals surface area contributed by atoms with Gasteiger partial charge in [0.05, 0.1) is 11.7 Å². The molecule has 1 fully saturated rings. The molecule has 1 unspecified atom stereocenters. The van der Waals surface area contributed by atoms with Crippen molar-refractivity contribution in [2.45, 2.75) is 32.4 Å². The number of rotatable bonds is 1. The highest BCUT2D eigenvalue weighted by atomic mass is 16.6. The van der Waals surface area contributed by atoms with Gasteiger partial charge in [-0.3, -0.25) is 0 Å². The monoisotopic (exact) mass is 264 g/mol. The van der Waals surface area contributed by atoms with Crippen LogP contribution in [-0.4, -0.2) is 46.2 Å². The van der Waals surface area contributed by atoms with Crippen LogP contribution in [0.15, 0.2) is 18.6 Å². The maximum absolute atomic E-state index is 12.0. The van der Waals surface area contributed by atoms with Gasteiger partial charge in [-0.25, -0.2) is 14.8 Å². The van der Waals surface area contributed by atoms with Gasteiger partial charge >= 0.3 is 6.09 Å². The fourth-order valence-corrected chi connectivity index (χ4v) is 1.95. The van der Waals surface area contributed by atoms with Crippen molar-refractivity contribution in [3.63, 3.8) is 0 Å². The average molecular weight is 264 g/mol. The van der Waals surface area contributed by atoms with Gasteiger partial charge in [0, 0.05) is 25.8 Å². The zero-order valence-electron chi connectivity index (χ0n) is 11.6. The fraction of sp³-hybridized carbons (Fsp3) is 0.615. The van der Waals surface area contributed by atoms with Crippen molar-refractivity contribution in [3.05, 3.63) is 24.3 Å². The number of hydrogen-bond donors (Lipinski definition) is 1. The molecular weight excluding hydrogens is 244 g/mol. The molecule has 0 saturated carbocycles. The molecule has 0 aliphatic carbocycles. The van der Waals surface area contributed by atoms with Crippen LogP contribution in [-0.2, 0) is 4.74 Å². The highest BCUT2D eigenvalue weighted by molar-refractivity contribution is 5.68. The van der Waals surface area contributed by atoms with Gasteiger partial charge in [0.25, 0.3) is 0 Å². The third-order valence-electron chi connectivity index (χ3n) is 2.79. The number of aromatic nitrogens is 2. The van der Waals surface area contributed by atoms with Crippen LogP contribution in [0.25, 0.3) is 0 Å². The number of ether oxygens (including phenoxy) is 1. The molecule has 1 aromatic heterocycles. The first-order valence-electron chi connectivity index (χ1n) is 6.43. The van der Waals surface area contributed by atoms with Gasteiger partial charge in [-0.1, -0.05) is 0 Å². The number of nitrogens with zero attached hydrogens (tertiary/aromatic N) is 3. The maximum atomic E-state index is 12.0. The summed E-state index contributed by atoms with van der Waals surface area (Å²) in [5.41, 5.74) is 0.426. The second kappa shape index (κ2) is 5.52. The van der Waals surface area contributed by atoms with Gasteiger partial charge in [0.15, 0.2) is 0 Å². The zero-order chi connectivity index (χ0) is 13.9. The van der Waals surface area contributed by atoms with E-state index >= 15 is 0 Å². The summed E-state index contributed by atoms with van der Waals surface area (Å²) < 4.78 is 5.39. The normalized spacial score (nSPS) is 20.2. The van der Waals surface area contributed by atoms with Crippen LogP contribution < -0.4 is 5.32 Å². The molecule has 19 heavy (non-hydrogen) atoms. The van der Waals surface area contributed by atoms with E-state index in [1.54, 1.807) is 11.1 Å². The van der Waals surface area contributed by atoms with Crippen LogP contribution in [0.3, 0.4) is 0 Å². The van der Waals surface area contributed by atoms with Crippen molar-refractivity contribution >= 4 is 6.09 Å². The summed E-state index contributed by atoms with van der Waals surface area (Å²) in [5, 5.41) is 3.34. The van der Waals surface area contributed by atoms with Crippen LogP contribution in [0.5, 0.6) is 0 Å². The fourth-order valence-electron chi connectivity index (χ4n) is 1.95. The second-order valence-corrected chi connectivity index (χ2v) is 5.57. The molecule has 6 heteroatoms. The van der Waals surface area contributed by atoms with Crippen molar-refractivity contribution in [2.24, 2.45) is 0 Å². The van der Waals surface area contributed by atoms with E-state index in [0.29, 0.717) is 13.1 Å². The Labute approximate surface area is 113 Å². The van der Waals surface area contributed by atoms with Crippen molar-refractivity contribution in [1.82, 2.24) is 20.2 Å². The Morgan fingerprint density at radius 3 is 2.95 bits per heavy atom. The standard InChI is InChI=1S/C13H20N4O2/c1-13(2,3)19-12(18)17-7-6-15-11(8-17)10-4-5-14-9-16-10/h4-5,9,11,15H,6-8H2,1-3H3. The first-order valence-corrected chi connectivity index (χ1v) is 6.43. The molecule has 6 nitrogen and oxygen atoms in total. The largest absolute Gasteiger partial charge is 0.444 e. The minimum atomic E-state index is -0.466. The summed E-state index contributed by atoms with van der Waals surface area (Å²) >= 11 is 0. The molecule has 1 saturated heterocycles. The Morgan fingerprint density at radius 1 is 1.53 bits per heavy atom. The predicted octanol–water partition coefficient (Wildman–Crippen LogP) is 1.36. The smallest absolute Gasteiger partial charge is 0.410 e. The van der Waals surface area contributed by atoms with Crippen molar-refractivity contribution in [3.8, 4) is 0 Å². The molecule has 1 N–H and O–H groups in total. The first-order chi connectivity index (χ1) is 8.96. The topological polar surface area (TPSA) is 67.3 Å². The summed E-state index contributed by atoms with van der Waals surface area (Å²) in [6, 6.07) is 1.89. The summed E-state index contributed by atoms with van der Waals surface area (Å²) in [7, 11) is 0. The lowest BCUT2D eigenvalue weighted by Crippen LogP contribution is -2.49. The van der Waals surface area contributed by atoms with Gasteiger partial charge in [-0.2, -0.15) is 0 Å². The molecule has 1 aliphatic rings. The van der Waals surface area contributed by atoms with Crippen LogP contribution in [0.1, 0.15) is 32.5 Å². The van der Waals surface area contributed by atoms with E-state index in [0.717, 1.165) is 12.2 Å². The van der Waals surface area contributed by atoms with Gasteiger partial charge in [0.2, 0.25) is 0 Å². The van der Waals surface area contributed by atoms with Gasteiger partial charge < -0.3 is 15.0 Å². The third-order valence-corrected chi connectivity index (χ3v) is 2.79. The molecule has 1 amide bonds. The van der Waals surface area contributed by atoms with E-state index in [1.165, 1.54) is 6.33 Å². The summed E-state index contributed by atoms with van der Waals surface area (Å²) in [6.07, 6.45) is 2.95. The number of nitrogens with one attached hydrogen (secondary N) is 1. The van der Waals surface area contributed by atoms with Crippen LogP contribution in [0, 0.1) is 0 Å². The SMILES string of the molecule is CC(C)(C)OC(=O)N1CCNC(c2ccncn2)C1. The molecule has 104 valence electrons. The summed E-state index contributed by atoms with van der Waals surface area (Å²) in [6.45, 7) is 7.55. The van der Waals surface area contributed by atoms with E-state index in [4.69, 9.17) is 4.74 Å². The molecule has 2 rings (SSSR count). The Morgan fingerprint density at radius 2 is 2.32 bits per heavy atom. The van der Waals surface area contributed by atoms with Gasteiger partial charge in [-0.05, 0) is 26.8 Å². The molecule has 1 aliphatic heterocycles. The van der Waals surface area contributed by atoms with Crippen LogP contribution in [0.2, 0.25) is 0 Å². The molecule has 0 spiro atoms. The molecule has 0 aromatic carbocycles. The Hall–Kier alpha value is -1.69. The van der Waals surface area contributed by atoms with Gasteiger partial charge in [0.1, 0.15) is 11.9 Å². The molecule has 2 heterocycles. The lowest BCUT2D eigenvalue weighted by molar-refractivity contribution is 0.0194. The molecule has 0 radical (unpaired) electrons. The molecule has 0 bridgehead atoms. The lowest BCUT2D eigenvalue weighted by atomic mass is 10.1. The lowest BCUT2D eigenvalue weighted by Gasteiger charge is -2.34. The van der Waals surface area contributed by atoms with Gasteiger partial charge in [-0.15, -0.1) is 0 Å². The van der Waals surface area contributed by atoms with Crippen LogP contribution >= 0.6 is 0 Å². The highest BCUT2D eigenvalue weighted by Gasteiger charge is 2.28. The van der Waals surface area contributed by atoms with E-state index in [9.17, 15) is 4.79 Å². The van der Waals surface area contributed by atoms with Crippen molar-refractivity contribution in [2.75, 3.05) is 19.6 Å². The molecule has 1 atom stereocenters. The van der Waals surface area contributed by atoms with Crippen LogP contribution in [0.4, 0.5) is 4.79 Å². The van der Waals surface area contributed by atoms with E-state index < -0.39 is 5.60 Å². The number of carbonyl (C=O) groups excluding carboxylic acids is 1. The zero-order valence-corrected chi connectivity index (χ0v) is 11.6. The predicted molar refractivity (Wildman–Crippen MR) is 70.6 cm³/mol. The van der Waals surface area contributed by atoms with E-state index in [2.05, 4.69) is 15.3 Å². The third kappa shape index (κ3) is 3.89. The molecule has 1 aromatic rings. The van der Waals surface area contributed by atoms with E-state index in [-0.39, 0.29) is 12.1 Å². The second-order valence-electron chi connectivity index (χ2n) is 5.57. The summed E-state index contributed by atoms with van der Waals surface area (Å²) in [4.78, 5) is 21.9. The highest BCUT2D eigenvalue weighted by Crippen LogP contribution is 2.17. The average Bonchev–Trinajstić information content (AvgIpc) is 2.38. The number of carbonyl (C=O) groups is 1.